The molecule has 6 rings (SSSR count). The number of rotatable bonds is 12. The van der Waals surface area contributed by atoms with E-state index in [1.165, 1.54) is 23.3 Å². The third-order valence-corrected chi connectivity index (χ3v) is 10.2. The van der Waals surface area contributed by atoms with Gasteiger partial charge in [0, 0.05) is 48.7 Å². The zero-order valence-electron chi connectivity index (χ0n) is 31.3. The minimum Gasteiger partial charge on any atom is -0.464 e. The van der Waals surface area contributed by atoms with Gasteiger partial charge in [0.15, 0.2) is 5.69 Å². The summed E-state index contributed by atoms with van der Waals surface area (Å²) in [6, 6.07) is 18.7. The van der Waals surface area contributed by atoms with Crippen LogP contribution in [0.5, 0.6) is 0 Å². The number of hydrazine groups is 1. The number of hydrogen-bond donors (Lipinski definition) is 3. The summed E-state index contributed by atoms with van der Waals surface area (Å²) in [6.07, 6.45) is -3.47. The molecule has 0 aliphatic carbocycles. The monoisotopic (exact) mass is 797 g/mol. The number of aryl methyl sites for hydroxylation is 2. The van der Waals surface area contributed by atoms with Crippen molar-refractivity contribution in [3.05, 3.63) is 135 Å². The van der Waals surface area contributed by atoms with Gasteiger partial charge in [-0.2, -0.15) is 24.5 Å². The predicted molar refractivity (Wildman–Crippen MR) is 209 cm³/mol. The number of aromatic amines is 1. The van der Waals surface area contributed by atoms with Crippen LogP contribution in [0.4, 0.5) is 19.1 Å². The number of benzene rings is 3. The van der Waals surface area contributed by atoms with E-state index in [9.17, 15) is 27.6 Å². The first-order chi connectivity index (χ1) is 27.2. The lowest BCUT2D eigenvalue weighted by Crippen LogP contribution is -2.59. The minimum atomic E-state index is -5.09. The van der Waals surface area contributed by atoms with E-state index in [0.29, 0.717) is 28.2 Å². The number of likely N-dealkylation sites (N-methyl/N-ethyl adjacent to an activating group) is 1. The number of aromatic nitrogens is 3. The summed E-state index contributed by atoms with van der Waals surface area (Å²) in [6.45, 7) is 3.65. The number of nitrogens with two attached hydrogens (primary N) is 1. The van der Waals surface area contributed by atoms with Crippen LogP contribution in [0, 0.1) is 13.8 Å². The molecule has 0 radical (unpaired) electrons. The fourth-order valence-corrected chi connectivity index (χ4v) is 7.39. The number of esters is 1. The molecule has 57 heavy (non-hydrogen) atoms. The summed E-state index contributed by atoms with van der Waals surface area (Å²) >= 11 is 1.53. The largest absolute Gasteiger partial charge is 0.464 e. The van der Waals surface area contributed by atoms with Crippen molar-refractivity contribution in [2.45, 2.75) is 44.9 Å². The molecule has 0 unspecified atom stereocenters. The van der Waals surface area contributed by atoms with Crippen molar-refractivity contribution in [3.8, 4) is 11.1 Å². The predicted octanol–water partition coefficient (Wildman–Crippen LogP) is 6.43. The molecule has 2 atom stereocenters. The molecule has 0 aliphatic rings. The van der Waals surface area contributed by atoms with Gasteiger partial charge in [-0.3, -0.25) is 24.7 Å². The highest BCUT2D eigenvalue weighted by atomic mass is 32.1. The number of ether oxygens (including phenoxy) is 1. The lowest BCUT2D eigenvalue weighted by Gasteiger charge is -2.35. The SMILES string of the molecule is COC(=O)c1nc(N(C(=O)[C@H](Cc2ccc(-c3ccsc3)cc2)N(C)C(=O)c2cc(C)cc(C)c2)[C@@H](Cc2c[nH]c3ccccc23)C(=O)NN)ncc1C(F)(F)F. The molecular formula is C41H38F3N7O5S. The van der Waals surface area contributed by atoms with Crippen LogP contribution in [0.1, 0.15) is 48.7 Å². The molecule has 294 valence electrons. The van der Waals surface area contributed by atoms with Gasteiger partial charge in [0.25, 0.3) is 17.7 Å². The second-order valence-electron chi connectivity index (χ2n) is 13.4. The number of carbonyl (C=O) groups excluding carboxylic acids is 4. The van der Waals surface area contributed by atoms with Crippen LogP contribution >= 0.6 is 11.3 Å². The highest BCUT2D eigenvalue weighted by molar-refractivity contribution is 7.08. The van der Waals surface area contributed by atoms with Crippen molar-refractivity contribution < 1.29 is 37.1 Å². The summed E-state index contributed by atoms with van der Waals surface area (Å²) in [5, 5.41) is 4.62. The molecule has 3 heterocycles. The summed E-state index contributed by atoms with van der Waals surface area (Å²) < 4.78 is 47.2. The van der Waals surface area contributed by atoms with E-state index in [-0.39, 0.29) is 18.4 Å². The van der Waals surface area contributed by atoms with Gasteiger partial charge in [-0.1, -0.05) is 59.7 Å². The zero-order valence-corrected chi connectivity index (χ0v) is 32.1. The average molecular weight is 798 g/mol. The number of fused-ring (bicyclic) bond motifs is 1. The zero-order chi connectivity index (χ0) is 41.0. The van der Waals surface area contributed by atoms with Crippen molar-refractivity contribution in [1.29, 1.82) is 0 Å². The third kappa shape index (κ3) is 8.71. The van der Waals surface area contributed by atoms with Gasteiger partial charge in [0.2, 0.25) is 5.95 Å². The Bertz CT molecular complexity index is 2410. The van der Waals surface area contributed by atoms with Gasteiger partial charge >= 0.3 is 12.1 Å². The number of carbonyl (C=O) groups is 4. The topological polar surface area (TPSA) is 164 Å². The molecule has 0 saturated heterocycles. The maximum absolute atomic E-state index is 15.4. The molecule has 0 spiro atoms. The Morgan fingerprint density at radius 2 is 1.65 bits per heavy atom. The van der Waals surface area contributed by atoms with Crippen LogP contribution in [0.2, 0.25) is 0 Å². The Morgan fingerprint density at radius 1 is 0.947 bits per heavy atom. The second-order valence-corrected chi connectivity index (χ2v) is 14.2. The normalized spacial score (nSPS) is 12.5. The smallest absolute Gasteiger partial charge is 0.420 e. The number of thiophene rings is 1. The number of anilines is 1. The minimum absolute atomic E-state index is 0.110. The number of nitrogens with one attached hydrogen (secondary N) is 2. The molecular weight excluding hydrogens is 760 g/mol. The summed E-state index contributed by atoms with van der Waals surface area (Å²) in [5.74, 6) is 1.09. The Kier molecular flexibility index (Phi) is 11.8. The summed E-state index contributed by atoms with van der Waals surface area (Å²) in [4.78, 5) is 69.4. The number of H-pyrrole nitrogens is 1. The number of nitrogens with zero attached hydrogens (tertiary/aromatic N) is 4. The van der Waals surface area contributed by atoms with E-state index < -0.39 is 59.2 Å². The maximum atomic E-state index is 15.4. The lowest BCUT2D eigenvalue weighted by atomic mass is 9.97. The van der Waals surface area contributed by atoms with E-state index in [4.69, 9.17) is 5.84 Å². The van der Waals surface area contributed by atoms with Crippen molar-refractivity contribution in [3.63, 3.8) is 0 Å². The summed E-state index contributed by atoms with van der Waals surface area (Å²) in [7, 11) is 2.30. The van der Waals surface area contributed by atoms with Gasteiger partial charge in [-0.25, -0.2) is 20.6 Å². The lowest BCUT2D eigenvalue weighted by molar-refractivity contribution is -0.138. The van der Waals surface area contributed by atoms with Crippen LogP contribution in [-0.2, 0) is 33.3 Å². The van der Waals surface area contributed by atoms with Gasteiger partial charge in [0.05, 0.1) is 7.11 Å². The van der Waals surface area contributed by atoms with E-state index in [0.717, 1.165) is 34.3 Å². The van der Waals surface area contributed by atoms with Gasteiger partial charge in [-0.15, -0.1) is 0 Å². The molecule has 3 aromatic carbocycles. The third-order valence-electron chi connectivity index (χ3n) is 9.54. The second kappa shape index (κ2) is 16.8. The van der Waals surface area contributed by atoms with Crippen LogP contribution in [0.15, 0.2) is 96.0 Å². The van der Waals surface area contributed by atoms with Gasteiger partial charge in [-0.05, 0) is 71.1 Å². The van der Waals surface area contributed by atoms with Crippen LogP contribution < -0.4 is 16.2 Å². The molecule has 12 nitrogen and oxygen atoms in total. The number of hydrogen-bond acceptors (Lipinski definition) is 9. The Morgan fingerprint density at radius 3 is 2.28 bits per heavy atom. The number of methoxy groups -OCH3 is 1. The Hall–Kier alpha value is -6.39. The fourth-order valence-electron chi connectivity index (χ4n) is 6.73. The first kappa shape index (κ1) is 40.3. The standard InChI is InChI=1S/C41H38F3N7O5S/c1-23-15-24(2)17-28(16-23)37(53)50(3)34(18-25-9-11-26(12-10-25)27-13-14-57-22-27)38(54)51(40-47-21-31(41(42,43)44)35(48-40)39(55)56-4)33(36(52)49-45)19-29-20-46-32-8-6-5-7-30(29)32/h5-17,20-22,33-34,46H,18-19,45H2,1-4H3,(H,49,52)/t33-,34-/m0/s1. The van der Waals surface area contributed by atoms with E-state index >= 15 is 4.79 Å². The maximum Gasteiger partial charge on any atom is 0.420 e. The number of para-hydroxylation sites is 1. The van der Waals surface area contributed by atoms with Gasteiger partial charge in [0.1, 0.15) is 17.6 Å². The first-order valence-electron chi connectivity index (χ1n) is 17.6. The molecule has 3 amide bonds. The molecule has 4 N–H and O–H groups in total. The van der Waals surface area contributed by atoms with Crippen LogP contribution in [-0.4, -0.2) is 69.8 Å². The Balaban J connectivity index is 1.53. The molecule has 3 aromatic heterocycles. The van der Waals surface area contributed by atoms with Crippen LogP contribution in [0.25, 0.3) is 22.0 Å². The Labute approximate surface area is 329 Å². The fraction of sp³-hybridized carbons (Fsp3) is 0.220. The molecule has 6 aromatic rings. The van der Waals surface area contributed by atoms with Crippen molar-refractivity contribution >= 4 is 51.9 Å². The molecule has 0 aliphatic heterocycles. The van der Waals surface area contributed by atoms with E-state index in [1.807, 2.05) is 48.9 Å². The molecule has 0 fully saturated rings. The molecule has 0 bridgehead atoms. The number of halogens is 3. The highest BCUT2D eigenvalue weighted by Gasteiger charge is 2.43. The molecule has 0 saturated carbocycles. The van der Waals surface area contributed by atoms with Crippen molar-refractivity contribution in [2.24, 2.45) is 5.84 Å². The molecule has 16 heteroatoms. The first-order valence-corrected chi connectivity index (χ1v) is 18.5. The quantitative estimate of drug-likeness (QED) is 0.0553. The van der Waals surface area contributed by atoms with Crippen molar-refractivity contribution in [1.82, 2.24) is 25.3 Å². The number of amides is 3. The van der Waals surface area contributed by atoms with E-state index in [2.05, 4.69) is 25.1 Å². The number of alkyl halides is 3. The van der Waals surface area contributed by atoms with E-state index in [1.54, 1.807) is 54.7 Å². The highest BCUT2D eigenvalue weighted by Crippen LogP contribution is 2.33. The van der Waals surface area contributed by atoms with Gasteiger partial charge < -0.3 is 14.6 Å². The summed E-state index contributed by atoms with van der Waals surface area (Å²) in [5.41, 5.74) is 4.99. The average Bonchev–Trinajstić information content (AvgIpc) is 3.89. The van der Waals surface area contributed by atoms with Crippen LogP contribution in [0.3, 0.4) is 0 Å². The van der Waals surface area contributed by atoms with Crippen molar-refractivity contribution in [2.75, 3.05) is 19.1 Å².